The zero-order chi connectivity index (χ0) is 22.3. The first-order valence-corrected chi connectivity index (χ1v) is 11.0. The summed E-state index contributed by atoms with van der Waals surface area (Å²) >= 11 is 7.57. The predicted octanol–water partition coefficient (Wildman–Crippen LogP) is 5.09. The molecule has 0 radical (unpaired) electrons. The lowest BCUT2D eigenvalue weighted by Gasteiger charge is -2.09. The Morgan fingerprint density at radius 3 is 2.03 bits per heavy atom. The molecule has 6 nitrogen and oxygen atoms in total. The number of rotatable bonds is 7. The van der Waals surface area contributed by atoms with Gasteiger partial charge in [-0.2, -0.15) is 0 Å². The van der Waals surface area contributed by atoms with Crippen molar-refractivity contribution in [3.8, 4) is 11.5 Å². The van der Waals surface area contributed by atoms with Crippen LogP contribution in [0.2, 0.25) is 5.02 Å². The maximum atomic E-state index is 12.4. The van der Waals surface area contributed by atoms with Crippen molar-refractivity contribution in [3.05, 3.63) is 94.3 Å². The third kappa shape index (κ3) is 5.19. The summed E-state index contributed by atoms with van der Waals surface area (Å²) in [6.45, 7) is 0.769. The lowest BCUT2D eigenvalue weighted by Crippen LogP contribution is -2.41. The van der Waals surface area contributed by atoms with Gasteiger partial charge < -0.3 is 9.47 Å². The molecule has 0 fully saturated rings. The molecule has 2 amide bonds. The zero-order valence-corrected chi connectivity index (χ0v) is 18.4. The molecule has 0 unspecified atom stereocenters. The van der Waals surface area contributed by atoms with Crippen LogP contribution in [0.3, 0.4) is 0 Å². The number of hydrogen-bond acceptors (Lipinski definition) is 5. The van der Waals surface area contributed by atoms with Crippen LogP contribution in [0.4, 0.5) is 0 Å². The van der Waals surface area contributed by atoms with E-state index in [4.69, 9.17) is 21.1 Å². The van der Waals surface area contributed by atoms with E-state index in [0.29, 0.717) is 34.4 Å². The van der Waals surface area contributed by atoms with Crippen molar-refractivity contribution in [2.24, 2.45) is 0 Å². The molecular weight excluding hydrogens is 448 g/mol. The quantitative estimate of drug-likeness (QED) is 0.294. The number of amides is 2. The third-order valence-electron chi connectivity index (χ3n) is 4.51. The highest BCUT2D eigenvalue weighted by atomic mass is 35.5. The molecule has 2 N–H and O–H groups in total. The van der Waals surface area contributed by atoms with E-state index in [9.17, 15) is 9.59 Å². The van der Waals surface area contributed by atoms with Gasteiger partial charge in [-0.25, -0.2) is 0 Å². The number of benzene rings is 3. The van der Waals surface area contributed by atoms with Crippen molar-refractivity contribution in [2.75, 3.05) is 13.2 Å². The Hall–Kier alpha value is -3.55. The molecule has 0 saturated carbocycles. The summed E-state index contributed by atoms with van der Waals surface area (Å²) in [6.07, 6.45) is 0. The molecule has 0 aliphatic rings. The summed E-state index contributed by atoms with van der Waals surface area (Å²) in [5, 5.41) is 1.18. The van der Waals surface area contributed by atoms with Crippen molar-refractivity contribution >= 4 is 44.8 Å². The third-order valence-corrected chi connectivity index (χ3v) is 6.19. The molecular formula is C24H19ClN2O4S. The SMILES string of the molecule is O=C(NNC(=O)c1sc2ccccc2c1Cl)c1ccc(OCCOc2ccccc2)cc1. The van der Waals surface area contributed by atoms with Crippen LogP contribution >= 0.6 is 22.9 Å². The highest BCUT2D eigenvalue weighted by Gasteiger charge is 2.17. The van der Waals surface area contributed by atoms with E-state index >= 15 is 0 Å². The van der Waals surface area contributed by atoms with Gasteiger partial charge in [0.15, 0.2) is 0 Å². The summed E-state index contributed by atoms with van der Waals surface area (Å²) in [5.74, 6) is 0.471. The molecule has 0 spiro atoms. The maximum absolute atomic E-state index is 12.4. The average molecular weight is 467 g/mol. The largest absolute Gasteiger partial charge is 0.490 e. The minimum Gasteiger partial charge on any atom is -0.490 e. The highest BCUT2D eigenvalue weighted by molar-refractivity contribution is 7.21. The number of ether oxygens (including phenoxy) is 2. The Labute approximate surface area is 193 Å². The summed E-state index contributed by atoms with van der Waals surface area (Å²) in [7, 11) is 0. The molecule has 0 aliphatic heterocycles. The second-order valence-corrected chi connectivity index (χ2v) is 8.11. The molecule has 1 heterocycles. The van der Waals surface area contributed by atoms with E-state index in [1.807, 2.05) is 54.6 Å². The molecule has 0 atom stereocenters. The van der Waals surface area contributed by atoms with Gasteiger partial charge >= 0.3 is 0 Å². The van der Waals surface area contributed by atoms with Gasteiger partial charge in [-0.1, -0.05) is 48.0 Å². The van der Waals surface area contributed by atoms with Crippen LogP contribution in [0.1, 0.15) is 20.0 Å². The summed E-state index contributed by atoms with van der Waals surface area (Å²) in [5.41, 5.74) is 5.19. The molecule has 0 saturated heterocycles. The van der Waals surface area contributed by atoms with Crippen LogP contribution in [0.15, 0.2) is 78.9 Å². The molecule has 3 aromatic carbocycles. The van der Waals surface area contributed by atoms with E-state index < -0.39 is 11.8 Å². The lowest BCUT2D eigenvalue weighted by atomic mass is 10.2. The number of para-hydroxylation sites is 1. The number of fused-ring (bicyclic) bond motifs is 1. The number of thiophene rings is 1. The van der Waals surface area contributed by atoms with E-state index in [0.717, 1.165) is 15.8 Å². The van der Waals surface area contributed by atoms with E-state index in [1.54, 1.807) is 24.3 Å². The van der Waals surface area contributed by atoms with Crippen molar-refractivity contribution < 1.29 is 19.1 Å². The normalized spacial score (nSPS) is 10.5. The Kier molecular flexibility index (Phi) is 6.89. The van der Waals surface area contributed by atoms with Crippen LogP contribution < -0.4 is 20.3 Å². The van der Waals surface area contributed by atoms with Gasteiger partial charge in [0.1, 0.15) is 29.6 Å². The second kappa shape index (κ2) is 10.2. The molecule has 4 rings (SSSR count). The molecule has 0 aliphatic carbocycles. The minimum atomic E-state index is -0.470. The highest BCUT2D eigenvalue weighted by Crippen LogP contribution is 2.34. The van der Waals surface area contributed by atoms with Gasteiger partial charge in [-0.3, -0.25) is 20.4 Å². The number of nitrogens with one attached hydrogen (secondary N) is 2. The molecule has 162 valence electrons. The average Bonchev–Trinajstić information content (AvgIpc) is 3.18. The minimum absolute atomic E-state index is 0.342. The van der Waals surface area contributed by atoms with Gasteiger partial charge in [0.05, 0.1) is 5.02 Å². The lowest BCUT2D eigenvalue weighted by molar-refractivity contribution is 0.0849. The first-order chi connectivity index (χ1) is 15.6. The standard InChI is InChI=1S/C24H19ClN2O4S/c25-21-19-8-4-5-9-20(19)32-22(21)24(29)27-26-23(28)16-10-12-18(13-11-16)31-15-14-30-17-6-2-1-3-7-17/h1-13H,14-15H2,(H,26,28)(H,27,29). The maximum Gasteiger partial charge on any atom is 0.281 e. The predicted molar refractivity (Wildman–Crippen MR) is 126 cm³/mol. The number of hydrogen-bond donors (Lipinski definition) is 2. The van der Waals surface area contributed by atoms with Crippen molar-refractivity contribution in [1.82, 2.24) is 10.9 Å². The van der Waals surface area contributed by atoms with Crippen molar-refractivity contribution in [1.29, 1.82) is 0 Å². The van der Waals surface area contributed by atoms with E-state index in [2.05, 4.69) is 10.9 Å². The van der Waals surface area contributed by atoms with Crippen LogP contribution in [0.25, 0.3) is 10.1 Å². The number of carbonyl (C=O) groups is 2. The molecule has 8 heteroatoms. The van der Waals surface area contributed by atoms with Gasteiger partial charge in [0, 0.05) is 15.6 Å². The van der Waals surface area contributed by atoms with Crippen LogP contribution in [0.5, 0.6) is 11.5 Å². The second-order valence-electron chi connectivity index (χ2n) is 6.68. The summed E-state index contributed by atoms with van der Waals surface area (Å²) in [4.78, 5) is 25.1. The van der Waals surface area contributed by atoms with Gasteiger partial charge in [-0.15, -0.1) is 11.3 Å². The smallest absolute Gasteiger partial charge is 0.281 e. The Morgan fingerprint density at radius 1 is 0.750 bits per heavy atom. The van der Waals surface area contributed by atoms with Gasteiger partial charge in [0.2, 0.25) is 0 Å². The Bertz CT molecular complexity index is 1230. The topological polar surface area (TPSA) is 76.7 Å². The summed E-state index contributed by atoms with van der Waals surface area (Å²) < 4.78 is 12.1. The van der Waals surface area contributed by atoms with Gasteiger partial charge in [0.25, 0.3) is 11.8 Å². The number of hydrazine groups is 1. The fourth-order valence-corrected chi connectivity index (χ4v) is 4.35. The van der Waals surface area contributed by atoms with Crippen LogP contribution in [0, 0.1) is 0 Å². The molecule has 32 heavy (non-hydrogen) atoms. The first kappa shape index (κ1) is 21.7. The van der Waals surface area contributed by atoms with Crippen LogP contribution in [-0.4, -0.2) is 25.0 Å². The first-order valence-electron chi connectivity index (χ1n) is 9.80. The number of halogens is 1. The van der Waals surface area contributed by atoms with Crippen LogP contribution in [-0.2, 0) is 0 Å². The molecule has 0 bridgehead atoms. The molecule has 4 aromatic rings. The Balaban J connectivity index is 1.26. The fourth-order valence-electron chi connectivity index (χ4n) is 2.94. The van der Waals surface area contributed by atoms with Crippen molar-refractivity contribution in [2.45, 2.75) is 0 Å². The van der Waals surface area contributed by atoms with E-state index in [-0.39, 0.29) is 0 Å². The number of carbonyl (C=O) groups excluding carboxylic acids is 2. The zero-order valence-electron chi connectivity index (χ0n) is 16.8. The van der Waals surface area contributed by atoms with E-state index in [1.165, 1.54) is 11.3 Å². The fraction of sp³-hybridized carbons (Fsp3) is 0.0833. The van der Waals surface area contributed by atoms with Gasteiger partial charge in [-0.05, 0) is 42.5 Å². The Morgan fingerprint density at radius 2 is 1.34 bits per heavy atom. The van der Waals surface area contributed by atoms with Crippen molar-refractivity contribution in [3.63, 3.8) is 0 Å². The summed E-state index contributed by atoms with van der Waals surface area (Å²) in [6, 6.07) is 23.5. The monoisotopic (exact) mass is 466 g/mol. The molecule has 1 aromatic heterocycles.